The fourth-order valence-electron chi connectivity index (χ4n) is 3.09. The molecule has 0 aromatic carbocycles. The van der Waals surface area contributed by atoms with Crippen molar-refractivity contribution in [2.75, 3.05) is 32.7 Å². The zero-order valence-corrected chi connectivity index (χ0v) is 11.2. The Balaban J connectivity index is 1.78. The summed E-state index contributed by atoms with van der Waals surface area (Å²) in [5, 5.41) is 0. The van der Waals surface area contributed by atoms with Gasteiger partial charge >= 0.3 is 0 Å². The van der Waals surface area contributed by atoms with Crippen LogP contribution in [0.4, 0.5) is 0 Å². The van der Waals surface area contributed by atoms with Crippen LogP contribution in [0.2, 0.25) is 0 Å². The number of carbonyl (C=O) groups excluding carboxylic acids is 1. The number of rotatable bonds is 3. The molecule has 1 saturated carbocycles. The van der Waals surface area contributed by atoms with Gasteiger partial charge in [-0.1, -0.05) is 19.3 Å². The van der Waals surface area contributed by atoms with E-state index in [1.165, 1.54) is 32.1 Å². The van der Waals surface area contributed by atoms with Crippen molar-refractivity contribution in [2.24, 2.45) is 11.5 Å². The molecule has 1 aliphatic carbocycles. The molecule has 0 aromatic rings. The second-order valence-corrected chi connectivity index (χ2v) is 5.50. The van der Waals surface area contributed by atoms with Gasteiger partial charge in [0.2, 0.25) is 5.91 Å². The number of nitrogens with zero attached hydrogens (tertiary/aromatic N) is 2. The summed E-state index contributed by atoms with van der Waals surface area (Å²) in [6.07, 6.45) is 6.77. The predicted octanol–water partition coefficient (Wildman–Crippen LogP) is -0.251. The maximum Gasteiger partial charge on any atom is 0.240 e. The van der Waals surface area contributed by atoms with Crippen LogP contribution < -0.4 is 11.5 Å². The van der Waals surface area contributed by atoms with E-state index in [4.69, 9.17) is 11.5 Å². The number of nitrogens with two attached hydrogens (primary N) is 2. The second kappa shape index (κ2) is 6.50. The summed E-state index contributed by atoms with van der Waals surface area (Å²) in [5.74, 6) is 0.0146. The van der Waals surface area contributed by atoms with Gasteiger partial charge in [-0.3, -0.25) is 9.69 Å². The number of amides is 1. The molecular formula is C13H26N4O. The highest BCUT2D eigenvalue weighted by Crippen LogP contribution is 2.23. The fourth-order valence-corrected chi connectivity index (χ4v) is 3.09. The van der Waals surface area contributed by atoms with Gasteiger partial charge in [0.15, 0.2) is 0 Å². The van der Waals surface area contributed by atoms with Crippen molar-refractivity contribution in [1.82, 2.24) is 9.80 Å². The lowest BCUT2D eigenvalue weighted by atomic mass is 9.94. The first kappa shape index (κ1) is 13.8. The van der Waals surface area contributed by atoms with Gasteiger partial charge < -0.3 is 16.4 Å². The Morgan fingerprint density at radius 3 is 2.28 bits per heavy atom. The number of hydrogen-bond acceptors (Lipinski definition) is 4. The smallest absolute Gasteiger partial charge is 0.240 e. The molecule has 4 N–H and O–H groups in total. The summed E-state index contributed by atoms with van der Waals surface area (Å²) in [6.45, 7) is 3.84. The Kier molecular flexibility index (Phi) is 4.97. The maximum absolute atomic E-state index is 11.9. The number of carbonyl (C=O) groups is 1. The lowest BCUT2D eigenvalue weighted by Crippen LogP contribution is -2.56. The van der Waals surface area contributed by atoms with Crippen LogP contribution in [0.1, 0.15) is 32.1 Å². The SMILES string of the molecule is NC[C@@H](N)C(=O)N1CCN(C2CCCCC2)CC1. The normalized spacial score (nSPS) is 25.1. The molecule has 5 heteroatoms. The summed E-state index contributed by atoms with van der Waals surface area (Å²) in [6, 6.07) is 0.227. The van der Waals surface area contributed by atoms with Crippen LogP contribution in [0.3, 0.4) is 0 Å². The van der Waals surface area contributed by atoms with E-state index in [9.17, 15) is 4.79 Å². The van der Waals surface area contributed by atoms with E-state index in [1.807, 2.05) is 4.90 Å². The van der Waals surface area contributed by atoms with Gasteiger partial charge in [0.25, 0.3) is 0 Å². The van der Waals surface area contributed by atoms with Crippen LogP contribution in [0.15, 0.2) is 0 Å². The van der Waals surface area contributed by atoms with E-state index in [1.54, 1.807) is 0 Å². The number of piperazine rings is 1. The van der Waals surface area contributed by atoms with Gasteiger partial charge in [0.05, 0.1) is 6.04 Å². The zero-order valence-electron chi connectivity index (χ0n) is 11.2. The molecule has 2 aliphatic rings. The molecule has 0 radical (unpaired) electrons. The lowest BCUT2D eigenvalue weighted by molar-refractivity contribution is -0.134. The van der Waals surface area contributed by atoms with Crippen molar-refractivity contribution in [1.29, 1.82) is 0 Å². The molecule has 2 rings (SSSR count). The van der Waals surface area contributed by atoms with Crippen molar-refractivity contribution in [3.8, 4) is 0 Å². The first-order valence-corrected chi connectivity index (χ1v) is 7.21. The minimum absolute atomic E-state index is 0.0146. The summed E-state index contributed by atoms with van der Waals surface area (Å²) >= 11 is 0. The van der Waals surface area contributed by atoms with Gasteiger partial charge in [0, 0.05) is 38.8 Å². The molecule has 1 aliphatic heterocycles. The summed E-state index contributed by atoms with van der Waals surface area (Å²) in [4.78, 5) is 16.3. The molecule has 1 saturated heterocycles. The molecular weight excluding hydrogens is 228 g/mol. The number of hydrogen-bond donors (Lipinski definition) is 2. The quantitative estimate of drug-likeness (QED) is 0.728. The molecule has 0 aromatic heterocycles. The minimum Gasteiger partial charge on any atom is -0.339 e. The average Bonchev–Trinajstić information content (AvgIpc) is 2.47. The lowest BCUT2D eigenvalue weighted by Gasteiger charge is -2.41. The largest absolute Gasteiger partial charge is 0.339 e. The third-order valence-corrected chi connectivity index (χ3v) is 4.29. The Morgan fingerprint density at radius 2 is 1.72 bits per heavy atom. The van der Waals surface area contributed by atoms with Gasteiger partial charge in [-0.05, 0) is 12.8 Å². The Morgan fingerprint density at radius 1 is 1.11 bits per heavy atom. The molecule has 18 heavy (non-hydrogen) atoms. The van der Waals surface area contributed by atoms with Crippen LogP contribution in [0.5, 0.6) is 0 Å². The van der Waals surface area contributed by atoms with Crippen LogP contribution in [-0.4, -0.2) is 60.5 Å². The molecule has 2 fully saturated rings. The van der Waals surface area contributed by atoms with E-state index in [0.29, 0.717) is 0 Å². The van der Waals surface area contributed by atoms with Crippen molar-refractivity contribution in [3.63, 3.8) is 0 Å². The van der Waals surface area contributed by atoms with Crippen molar-refractivity contribution >= 4 is 5.91 Å². The summed E-state index contributed by atoms with van der Waals surface area (Å²) < 4.78 is 0. The van der Waals surface area contributed by atoms with E-state index >= 15 is 0 Å². The third kappa shape index (κ3) is 3.22. The first-order valence-electron chi connectivity index (χ1n) is 7.21. The van der Waals surface area contributed by atoms with Crippen LogP contribution in [0, 0.1) is 0 Å². The Labute approximate surface area is 109 Å². The standard InChI is InChI=1S/C13H26N4O/c14-10-12(15)13(18)17-8-6-16(7-9-17)11-4-2-1-3-5-11/h11-12H,1-10,14-15H2/t12-/m1/s1. The molecule has 5 nitrogen and oxygen atoms in total. The molecule has 1 atom stereocenters. The molecule has 1 heterocycles. The van der Waals surface area contributed by atoms with E-state index in [2.05, 4.69) is 4.90 Å². The van der Waals surface area contributed by atoms with Gasteiger partial charge in [-0.15, -0.1) is 0 Å². The second-order valence-electron chi connectivity index (χ2n) is 5.50. The molecule has 0 unspecified atom stereocenters. The summed E-state index contributed by atoms with van der Waals surface area (Å²) in [5.41, 5.74) is 11.1. The monoisotopic (exact) mass is 254 g/mol. The highest BCUT2D eigenvalue weighted by Gasteiger charge is 2.28. The van der Waals surface area contributed by atoms with Crippen LogP contribution in [-0.2, 0) is 4.79 Å². The maximum atomic E-state index is 11.9. The van der Waals surface area contributed by atoms with Gasteiger partial charge in [0.1, 0.15) is 0 Å². The minimum atomic E-state index is -0.522. The highest BCUT2D eigenvalue weighted by molar-refractivity contribution is 5.82. The molecule has 104 valence electrons. The van der Waals surface area contributed by atoms with Crippen LogP contribution >= 0.6 is 0 Å². The van der Waals surface area contributed by atoms with Gasteiger partial charge in [-0.2, -0.15) is 0 Å². The van der Waals surface area contributed by atoms with E-state index in [0.717, 1.165) is 32.2 Å². The Hall–Kier alpha value is -0.650. The topological polar surface area (TPSA) is 75.6 Å². The first-order chi connectivity index (χ1) is 8.72. The molecule has 1 amide bonds. The Bertz CT molecular complexity index is 270. The summed E-state index contributed by atoms with van der Waals surface area (Å²) in [7, 11) is 0. The van der Waals surface area contributed by atoms with Crippen molar-refractivity contribution < 1.29 is 4.79 Å². The average molecular weight is 254 g/mol. The predicted molar refractivity (Wildman–Crippen MR) is 72.1 cm³/mol. The highest BCUT2D eigenvalue weighted by atomic mass is 16.2. The van der Waals surface area contributed by atoms with Gasteiger partial charge in [-0.25, -0.2) is 0 Å². The van der Waals surface area contributed by atoms with Crippen molar-refractivity contribution in [2.45, 2.75) is 44.2 Å². The third-order valence-electron chi connectivity index (χ3n) is 4.29. The zero-order chi connectivity index (χ0) is 13.0. The van der Waals surface area contributed by atoms with Crippen molar-refractivity contribution in [3.05, 3.63) is 0 Å². The van der Waals surface area contributed by atoms with E-state index < -0.39 is 6.04 Å². The van der Waals surface area contributed by atoms with E-state index in [-0.39, 0.29) is 12.5 Å². The molecule has 0 bridgehead atoms. The van der Waals surface area contributed by atoms with Crippen LogP contribution in [0.25, 0.3) is 0 Å². The fraction of sp³-hybridized carbons (Fsp3) is 0.923. The molecule has 0 spiro atoms.